The fraction of sp³-hybridized carbons (Fsp3) is 0.462. The molecule has 1 aromatic rings. The minimum absolute atomic E-state index is 0.326. The van der Waals surface area contributed by atoms with Gasteiger partial charge < -0.3 is 9.47 Å². The predicted octanol–water partition coefficient (Wildman–Crippen LogP) is 1.62. The summed E-state index contributed by atoms with van der Waals surface area (Å²) in [5.74, 6) is 5.48. The molecule has 1 rings (SSSR count). The largest absolute Gasteiger partial charge is 0.496 e. The predicted molar refractivity (Wildman–Crippen MR) is 69.2 cm³/mol. The number of carbonyl (C=O) groups is 1. The van der Waals surface area contributed by atoms with E-state index < -0.39 is 0 Å². The molecule has 1 amide bonds. The Bertz CT molecular complexity index is 394. The molecular formula is C13H20N2O3. The lowest BCUT2D eigenvalue weighted by Gasteiger charge is -2.10. The highest BCUT2D eigenvalue weighted by atomic mass is 16.5. The lowest BCUT2D eigenvalue weighted by Crippen LogP contribution is -2.30. The lowest BCUT2D eigenvalue weighted by molar-refractivity contribution is 0.0952. The van der Waals surface area contributed by atoms with Crippen LogP contribution in [0.5, 0.6) is 5.75 Å². The van der Waals surface area contributed by atoms with Gasteiger partial charge in [0, 0.05) is 17.7 Å². The standard InChI is InChI=1S/C13H20N2O3/c1-3-4-7-18-9-11-8-10(13(16)15-14)5-6-12(11)17-2/h5-6,8H,3-4,7,9,14H2,1-2H3,(H,15,16). The number of hydrogen-bond acceptors (Lipinski definition) is 4. The van der Waals surface area contributed by atoms with Gasteiger partial charge in [0.15, 0.2) is 0 Å². The molecule has 0 heterocycles. The number of rotatable bonds is 7. The van der Waals surface area contributed by atoms with Crippen LogP contribution in [0.25, 0.3) is 0 Å². The van der Waals surface area contributed by atoms with Crippen molar-refractivity contribution < 1.29 is 14.3 Å². The van der Waals surface area contributed by atoms with Crippen molar-refractivity contribution in [1.82, 2.24) is 5.43 Å². The maximum Gasteiger partial charge on any atom is 0.265 e. The molecule has 0 fully saturated rings. The van der Waals surface area contributed by atoms with E-state index in [4.69, 9.17) is 15.3 Å². The number of carbonyl (C=O) groups excluding carboxylic acids is 1. The Morgan fingerprint density at radius 3 is 2.83 bits per heavy atom. The first-order valence-electron chi connectivity index (χ1n) is 5.98. The molecule has 0 atom stereocenters. The van der Waals surface area contributed by atoms with Crippen LogP contribution >= 0.6 is 0 Å². The van der Waals surface area contributed by atoms with E-state index in [1.807, 2.05) is 0 Å². The molecule has 5 heteroatoms. The Morgan fingerprint density at radius 2 is 2.22 bits per heavy atom. The average Bonchev–Trinajstić information content (AvgIpc) is 2.42. The van der Waals surface area contributed by atoms with Crippen LogP contribution in [0.2, 0.25) is 0 Å². The van der Waals surface area contributed by atoms with Crippen molar-refractivity contribution in [2.45, 2.75) is 26.4 Å². The molecule has 0 saturated heterocycles. The van der Waals surface area contributed by atoms with E-state index in [2.05, 4.69) is 12.3 Å². The molecule has 0 saturated carbocycles. The smallest absolute Gasteiger partial charge is 0.265 e. The number of amides is 1. The van der Waals surface area contributed by atoms with Crippen LogP contribution in [0.4, 0.5) is 0 Å². The molecule has 0 aliphatic rings. The zero-order chi connectivity index (χ0) is 13.4. The number of hydrazine groups is 1. The van der Waals surface area contributed by atoms with E-state index >= 15 is 0 Å². The Balaban J connectivity index is 2.75. The Labute approximate surface area is 107 Å². The number of methoxy groups -OCH3 is 1. The van der Waals surface area contributed by atoms with Gasteiger partial charge >= 0.3 is 0 Å². The number of nitrogen functional groups attached to an aromatic ring is 1. The molecule has 18 heavy (non-hydrogen) atoms. The summed E-state index contributed by atoms with van der Waals surface area (Å²) in [5, 5.41) is 0. The summed E-state index contributed by atoms with van der Waals surface area (Å²) >= 11 is 0. The summed E-state index contributed by atoms with van der Waals surface area (Å²) in [7, 11) is 1.59. The molecule has 0 bridgehead atoms. The van der Waals surface area contributed by atoms with E-state index in [-0.39, 0.29) is 5.91 Å². The topological polar surface area (TPSA) is 73.6 Å². The van der Waals surface area contributed by atoms with Gasteiger partial charge in [-0.05, 0) is 24.6 Å². The Hall–Kier alpha value is -1.59. The Kier molecular flexibility index (Phi) is 6.18. The van der Waals surface area contributed by atoms with E-state index in [0.717, 1.165) is 18.4 Å². The minimum Gasteiger partial charge on any atom is -0.496 e. The third-order valence-corrected chi connectivity index (χ3v) is 2.57. The molecule has 0 radical (unpaired) electrons. The second kappa shape index (κ2) is 7.68. The third-order valence-electron chi connectivity index (χ3n) is 2.57. The van der Waals surface area contributed by atoms with E-state index in [1.54, 1.807) is 25.3 Å². The minimum atomic E-state index is -0.326. The van der Waals surface area contributed by atoms with Gasteiger partial charge in [-0.2, -0.15) is 0 Å². The number of benzene rings is 1. The number of nitrogens with one attached hydrogen (secondary N) is 1. The van der Waals surface area contributed by atoms with Gasteiger partial charge in [0.05, 0.1) is 13.7 Å². The molecule has 5 nitrogen and oxygen atoms in total. The highest BCUT2D eigenvalue weighted by molar-refractivity contribution is 5.94. The maximum absolute atomic E-state index is 11.4. The van der Waals surface area contributed by atoms with Crippen LogP contribution < -0.4 is 16.0 Å². The van der Waals surface area contributed by atoms with Crippen molar-refractivity contribution in [3.05, 3.63) is 29.3 Å². The van der Waals surface area contributed by atoms with Crippen LogP contribution in [-0.2, 0) is 11.3 Å². The summed E-state index contributed by atoms with van der Waals surface area (Å²) in [4.78, 5) is 11.4. The molecular weight excluding hydrogens is 232 g/mol. The van der Waals surface area contributed by atoms with Gasteiger partial charge in [-0.15, -0.1) is 0 Å². The van der Waals surface area contributed by atoms with Gasteiger partial charge in [0.2, 0.25) is 0 Å². The molecule has 0 spiro atoms. The van der Waals surface area contributed by atoms with Crippen molar-refractivity contribution in [3.8, 4) is 5.75 Å². The van der Waals surface area contributed by atoms with Crippen molar-refractivity contribution in [3.63, 3.8) is 0 Å². The molecule has 0 aromatic heterocycles. The summed E-state index contributed by atoms with van der Waals surface area (Å²) in [6.07, 6.45) is 2.11. The van der Waals surface area contributed by atoms with Crippen molar-refractivity contribution in [1.29, 1.82) is 0 Å². The number of ether oxygens (including phenoxy) is 2. The van der Waals surface area contributed by atoms with Gasteiger partial charge in [-0.3, -0.25) is 10.2 Å². The molecule has 0 aliphatic heterocycles. The fourth-order valence-corrected chi connectivity index (χ4v) is 1.54. The zero-order valence-corrected chi connectivity index (χ0v) is 10.9. The van der Waals surface area contributed by atoms with Crippen LogP contribution in [0.3, 0.4) is 0 Å². The number of hydrogen-bond donors (Lipinski definition) is 2. The normalized spacial score (nSPS) is 10.2. The van der Waals surface area contributed by atoms with Gasteiger partial charge in [0.25, 0.3) is 5.91 Å². The van der Waals surface area contributed by atoms with E-state index in [0.29, 0.717) is 24.5 Å². The van der Waals surface area contributed by atoms with Crippen LogP contribution in [0, 0.1) is 0 Å². The monoisotopic (exact) mass is 252 g/mol. The zero-order valence-electron chi connectivity index (χ0n) is 10.9. The van der Waals surface area contributed by atoms with Crippen molar-refractivity contribution in [2.24, 2.45) is 5.84 Å². The number of unbranched alkanes of at least 4 members (excludes halogenated alkanes) is 1. The molecule has 100 valence electrons. The second-order valence-electron chi connectivity index (χ2n) is 3.91. The Morgan fingerprint density at radius 1 is 1.44 bits per heavy atom. The fourth-order valence-electron chi connectivity index (χ4n) is 1.54. The highest BCUT2D eigenvalue weighted by Crippen LogP contribution is 2.20. The highest BCUT2D eigenvalue weighted by Gasteiger charge is 2.09. The average molecular weight is 252 g/mol. The van der Waals surface area contributed by atoms with Gasteiger partial charge in [-0.1, -0.05) is 13.3 Å². The lowest BCUT2D eigenvalue weighted by atomic mass is 10.1. The molecule has 3 N–H and O–H groups in total. The molecule has 1 aromatic carbocycles. The number of nitrogens with two attached hydrogens (primary N) is 1. The SMILES string of the molecule is CCCCOCc1cc(C(=O)NN)ccc1OC. The van der Waals surface area contributed by atoms with Crippen molar-refractivity contribution >= 4 is 5.91 Å². The first-order valence-corrected chi connectivity index (χ1v) is 5.98. The van der Waals surface area contributed by atoms with Crippen LogP contribution in [0.15, 0.2) is 18.2 Å². The first kappa shape index (κ1) is 14.5. The third kappa shape index (κ3) is 4.01. The summed E-state index contributed by atoms with van der Waals surface area (Å²) in [6, 6.07) is 5.13. The van der Waals surface area contributed by atoms with Crippen molar-refractivity contribution in [2.75, 3.05) is 13.7 Å². The summed E-state index contributed by atoms with van der Waals surface area (Å²) < 4.78 is 10.8. The quantitative estimate of drug-likeness (QED) is 0.335. The maximum atomic E-state index is 11.4. The summed E-state index contributed by atoms with van der Waals surface area (Å²) in [6.45, 7) is 3.23. The second-order valence-corrected chi connectivity index (χ2v) is 3.91. The van der Waals surface area contributed by atoms with Crippen LogP contribution in [0.1, 0.15) is 35.7 Å². The first-order chi connectivity index (χ1) is 8.72. The van der Waals surface area contributed by atoms with E-state index in [1.165, 1.54) is 0 Å². The summed E-state index contributed by atoms with van der Waals surface area (Å²) in [5.41, 5.74) is 3.44. The van der Waals surface area contributed by atoms with Crippen LogP contribution in [-0.4, -0.2) is 19.6 Å². The van der Waals surface area contributed by atoms with Gasteiger partial charge in [-0.25, -0.2) is 5.84 Å². The van der Waals surface area contributed by atoms with E-state index in [9.17, 15) is 4.79 Å². The molecule has 0 aliphatic carbocycles. The molecule has 0 unspecified atom stereocenters. The van der Waals surface area contributed by atoms with Gasteiger partial charge in [0.1, 0.15) is 5.75 Å².